The maximum absolute atomic E-state index is 12.5. The summed E-state index contributed by atoms with van der Waals surface area (Å²) >= 11 is 0. The van der Waals surface area contributed by atoms with Crippen LogP contribution in [-0.2, 0) is 11.5 Å². The number of unbranched alkanes of at least 4 members (excludes halogenated alkanes) is 2. The van der Waals surface area contributed by atoms with E-state index >= 15 is 0 Å². The highest BCUT2D eigenvalue weighted by Gasteiger charge is 2.19. The molecule has 0 saturated carbocycles. The molecule has 0 unspecified atom stereocenters. The zero-order chi connectivity index (χ0) is 18.2. The van der Waals surface area contributed by atoms with Gasteiger partial charge in [-0.15, -0.1) is 0 Å². The van der Waals surface area contributed by atoms with E-state index in [9.17, 15) is 5.11 Å². The number of benzene rings is 3. The molecule has 0 fully saturated rings. The Morgan fingerprint density at radius 2 is 1.27 bits per heavy atom. The summed E-state index contributed by atoms with van der Waals surface area (Å²) in [5, 5.41) is 12.5. The van der Waals surface area contributed by atoms with Gasteiger partial charge in [0.2, 0.25) is 11.5 Å². The van der Waals surface area contributed by atoms with Crippen LogP contribution in [0.15, 0.2) is 72.8 Å². The van der Waals surface area contributed by atoms with Crippen molar-refractivity contribution in [1.82, 2.24) is 0 Å². The Morgan fingerprint density at radius 1 is 0.692 bits per heavy atom. The number of para-hydroxylation sites is 2. The molecule has 133 valence electrons. The Morgan fingerprint density at radius 3 is 1.85 bits per heavy atom. The van der Waals surface area contributed by atoms with Crippen molar-refractivity contribution in [2.45, 2.75) is 32.6 Å². The van der Waals surface area contributed by atoms with Crippen molar-refractivity contribution in [3.05, 3.63) is 78.4 Å². The Hall–Kier alpha value is -2.94. The summed E-state index contributed by atoms with van der Waals surface area (Å²) in [6.45, 7) is 2.17. The third kappa shape index (κ3) is 4.57. The molecule has 0 saturated heterocycles. The Balaban J connectivity index is 1.98. The van der Waals surface area contributed by atoms with Crippen LogP contribution in [0.4, 0.5) is 0 Å². The fourth-order valence-electron chi connectivity index (χ4n) is 2.77. The summed E-state index contributed by atoms with van der Waals surface area (Å²) < 4.78 is 12.0. The molecule has 3 nitrogen and oxygen atoms in total. The van der Waals surface area contributed by atoms with Crippen LogP contribution in [0.2, 0.25) is 0 Å². The Bertz CT molecular complexity index is 814. The van der Waals surface area contributed by atoms with Crippen molar-refractivity contribution >= 4 is 0 Å². The molecule has 0 aromatic heterocycles. The number of aryl methyl sites for hydroxylation is 1. The zero-order valence-electron chi connectivity index (χ0n) is 15.0. The normalized spacial score (nSPS) is 10.5. The van der Waals surface area contributed by atoms with Gasteiger partial charge >= 0.3 is 0 Å². The van der Waals surface area contributed by atoms with E-state index in [1.807, 2.05) is 66.7 Å². The Labute approximate surface area is 154 Å². The van der Waals surface area contributed by atoms with Crippen molar-refractivity contribution in [2.75, 3.05) is 0 Å². The first-order chi connectivity index (χ1) is 12.8. The summed E-state index contributed by atoms with van der Waals surface area (Å²) in [6, 6.07) is 22.2. The lowest BCUT2D eigenvalue weighted by atomic mass is 10.0. The van der Waals surface area contributed by atoms with Crippen LogP contribution in [0.5, 0.6) is 28.7 Å². The minimum Gasteiger partial charge on any atom is -0.453 e. The van der Waals surface area contributed by atoms with Crippen LogP contribution in [0.25, 0.3) is 0 Å². The summed E-state index contributed by atoms with van der Waals surface area (Å²) in [4.78, 5) is 0. The molecule has 26 heavy (non-hydrogen) atoms. The van der Waals surface area contributed by atoms with Gasteiger partial charge < -0.3 is 9.47 Å². The maximum Gasteiger partial charge on any atom is 0.224 e. The van der Waals surface area contributed by atoms with Gasteiger partial charge in [0, 0.05) is 0 Å². The van der Waals surface area contributed by atoms with Gasteiger partial charge in [-0.1, -0.05) is 62.2 Å². The van der Waals surface area contributed by atoms with Gasteiger partial charge in [-0.3, -0.25) is 5.11 Å². The standard InChI is InChI=1S/C23H23O3/c1-2-3-6-11-18-16-17-21(24)23(26-20-14-9-5-10-15-20)22(18)25-19-12-7-4-8-13-19/h4-5,7-10,12-17H,2-3,6,11H2,1H3. The molecule has 1 radical (unpaired) electrons. The first-order valence-corrected chi connectivity index (χ1v) is 9.06. The predicted molar refractivity (Wildman–Crippen MR) is 103 cm³/mol. The van der Waals surface area contributed by atoms with Crippen molar-refractivity contribution in [3.8, 4) is 28.7 Å². The molecule has 3 rings (SSSR count). The number of hydrogen-bond donors (Lipinski definition) is 0. The highest BCUT2D eigenvalue weighted by atomic mass is 16.5. The minimum absolute atomic E-state index is 0.181. The topological polar surface area (TPSA) is 38.4 Å². The van der Waals surface area contributed by atoms with Gasteiger partial charge in [0.25, 0.3) is 0 Å². The quantitative estimate of drug-likeness (QED) is 0.406. The van der Waals surface area contributed by atoms with Crippen molar-refractivity contribution in [2.24, 2.45) is 0 Å². The highest BCUT2D eigenvalue weighted by Crippen LogP contribution is 2.44. The van der Waals surface area contributed by atoms with E-state index in [-0.39, 0.29) is 11.5 Å². The molecular formula is C23H23O3. The van der Waals surface area contributed by atoms with Gasteiger partial charge in [-0.05, 0) is 48.7 Å². The number of rotatable bonds is 8. The van der Waals surface area contributed by atoms with Crippen LogP contribution in [0.1, 0.15) is 31.7 Å². The molecule has 0 amide bonds. The number of hydrogen-bond acceptors (Lipinski definition) is 2. The SMILES string of the molecule is CCCCCc1ccc([O])c(Oc2ccccc2)c1Oc1ccccc1. The smallest absolute Gasteiger partial charge is 0.224 e. The second-order valence-electron chi connectivity index (χ2n) is 6.17. The van der Waals surface area contributed by atoms with E-state index in [1.54, 1.807) is 6.07 Å². The molecule has 0 atom stereocenters. The average molecular weight is 347 g/mol. The fourth-order valence-corrected chi connectivity index (χ4v) is 2.77. The van der Waals surface area contributed by atoms with Crippen LogP contribution < -0.4 is 9.47 Å². The lowest BCUT2D eigenvalue weighted by molar-refractivity contribution is 0.319. The fraction of sp³-hybridized carbons (Fsp3) is 0.217. The van der Waals surface area contributed by atoms with Crippen molar-refractivity contribution in [1.29, 1.82) is 0 Å². The van der Waals surface area contributed by atoms with Gasteiger partial charge in [-0.25, -0.2) is 0 Å². The van der Waals surface area contributed by atoms with Crippen LogP contribution in [0, 0.1) is 0 Å². The van der Waals surface area contributed by atoms with Crippen molar-refractivity contribution < 1.29 is 14.6 Å². The molecule has 0 heterocycles. The molecule has 3 aromatic carbocycles. The van der Waals surface area contributed by atoms with E-state index in [2.05, 4.69) is 6.92 Å². The molecule has 0 aliphatic rings. The summed E-state index contributed by atoms with van der Waals surface area (Å²) in [7, 11) is 0. The predicted octanol–water partition coefficient (Wildman–Crippen LogP) is 7.15. The van der Waals surface area contributed by atoms with Gasteiger partial charge in [-0.2, -0.15) is 0 Å². The Kier molecular flexibility index (Phi) is 6.15. The summed E-state index contributed by atoms with van der Waals surface area (Å²) in [6.07, 6.45) is 4.17. The third-order valence-electron chi connectivity index (χ3n) is 4.13. The second-order valence-corrected chi connectivity index (χ2v) is 6.17. The van der Waals surface area contributed by atoms with Crippen molar-refractivity contribution in [3.63, 3.8) is 0 Å². The van der Waals surface area contributed by atoms with Gasteiger partial charge in [0.15, 0.2) is 5.75 Å². The summed E-state index contributed by atoms with van der Waals surface area (Å²) in [5.41, 5.74) is 0.993. The summed E-state index contributed by atoms with van der Waals surface area (Å²) in [5.74, 6) is 1.89. The van der Waals surface area contributed by atoms with E-state index in [4.69, 9.17) is 9.47 Å². The molecule has 0 spiro atoms. The van der Waals surface area contributed by atoms with E-state index in [0.29, 0.717) is 17.2 Å². The van der Waals surface area contributed by atoms with E-state index in [1.165, 1.54) is 0 Å². The van der Waals surface area contributed by atoms with E-state index in [0.717, 1.165) is 31.2 Å². The van der Waals surface area contributed by atoms with Crippen LogP contribution in [-0.4, -0.2) is 0 Å². The highest BCUT2D eigenvalue weighted by molar-refractivity contribution is 5.58. The zero-order valence-corrected chi connectivity index (χ0v) is 15.0. The molecule has 3 heteroatoms. The van der Waals surface area contributed by atoms with Crippen LogP contribution in [0.3, 0.4) is 0 Å². The first-order valence-electron chi connectivity index (χ1n) is 9.06. The molecule has 0 aliphatic heterocycles. The molecule has 0 N–H and O–H groups in total. The van der Waals surface area contributed by atoms with E-state index < -0.39 is 0 Å². The average Bonchev–Trinajstić information content (AvgIpc) is 2.68. The lowest BCUT2D eigenvalue weighted by Crippen LogP contribution is -1.97. The largest absolute Gasteiger partial charge is 0.453 e. The first kappa shape index (κ1) is 17.9. The molecule has 3 aromatic rings. The maximum atomic E-state index is 12.5. The molecular weight excluding hydrogens is 324 g/mol. The van der Waals surface area contributed by atoms with Gasteiger partial charge in [0.05, 0.1) is 0 Å². The molecule has 0 aliphatic carbocycles. The third-order valence-corrected chi connectivity index (χ3v) is 4.13. The number of ether oxygens (including phenoxy) is 2. The molecule has 0 bridgehead atoms. The minimum atomic E-state index is -0.181. The van der Waals surface area contributed by atoms with Crippen LogP contribution >= 0.6 is 0 Å². The second kappa shape index (κ2) is 8.95. The van der Waals surface area contributed by atoms with Gasteiger partial charge in [0.1, 0.15) is 11.5 Å². The lowest BCUT2D eigenvalue weighted by Gasteiger charge is -2.16. The monoisotopic (exact) mass is 347 g/mol.